The van der Waals surface area contributed by atoms with Crippen LogP contribution in [0.5, 0.6) is 5.75 Å². The van der Waals surface area contributed by atoms with Gasteiger partial charge in [-0.1, -0.05) is 6.92 Å². The van der Waals surface area contributed by atoms with Gasteiger partial charge in [0.2, 0.25) is 10.0 Å². The highest BCUT2D eigenvalue weighted by molar-refractivity contribution is 7.89. The molecule has 15 nitrogen and oxygen atoms in total. The van der Waals surface area contributed by atoms with Crippen molar-refractivity contribution in [3.8, 4) is 5.75 Å². The Balaban J connectivity index is -0.000000663. The van der Waals surface area contributed by atoms with Crippen LogP contribution < -0.4 is 10.5 Å². The Morgan fingerprint density at radius 1 is 0.872 bits per heavy atom. The third kappa shape index (κ3) is 22.0. The molecule has 0 radical (unpaired) electrons. The van der Waals surface area contributed by atoms with Gasteiger partial charge < -0.3 is 35.8 Å². The van der Waals surface area contributed by atoms with Gasteiger partial charge in [0, 0.05) is 53.9 Å². The number of hydrogen-bond acceptors (Lipinski definition) is 9. The molecule has 16 heteroatoms. The number of rotatable bonds is 6. The van der Waals surface area contributed by atoms with Gasteiger partial charge in [-0.2, -0.15) is 4.31 Å². The smallest absolute Gasteiger partial charge is 0.300 e. The molecule has 1 aliphatic heterocycles. The van der Waals surface area contributed by atoms with Gasteiger partial charge in [-0.05, 0) is 31.7 Å². The minimum absolute atomic E-state index is 0.149. The highest BCUT2D eigenvalue weighted by atomic mass is 32.2. The van der Waals surface area contributed by atoms with E-state index in [9.17, 15) is 8.42 Å². The zero-order valence-corrected chi connectivity index (χ0v) is 23.8. The number of nitrogen functional groups attached to an aromatic ring is 1. The van der Waals surface area contributed by atoms with Gasteiger partial charge in [0.1, 0.15) is 11.6 Å². The second-order valence-electron chi connectivity index (χ2n) is 7.42. The Labute approximate surface area is 228 Å². The third-order valence-corrected chi connectivity index (χ3v) is 5.85. The van der Waals surface area contributed by atoms with Crippen molar-refractivity contribution in [2.24, 2.45) is 5.73 Å². The van der Waals surface area contributed by atoms with Crippen LogP contribution in [0.2, 0.25) is 0 Å². The summed E-state index contributed by atoms with van der Waals surface area (Å²) in [4.78, 5) is 38.4. The Morgan fingerprint density at radius 3 is 1.56 bits per heavy atom. The number of nitrogens with two attached hydrogens (primary N) is 1. The summed E-state index contributed by atoms with van der Waals surface area (Å²) in [6.07, 6.45) is 0. The van der Waals surface area contributed by atoms with Crippen molar-refractivity contribution in [3.05, 3.63) is 23.8 Å². The van der Waals surface area contributed by atoms with E-state index in [4.69, 9.17) is 55.5 Å². The molecule has 1 heterocycles. The van der Waals surface area contributed by atoms with Gasteiger partial charge in [-0.15, -0.1) is 0 Å². The molecule has 224 valence electrons. The van der Waals surface area contributed by atoms with Crippen molar-refractivity contribution in [1.82, 2.24) is 9.21 Å². The number of likely N-dealkylation sites (N-methyl/N-ethyl adjacent to an activating group) is 1. The molecule has 0 atom stereocenters. The monoisotopic (exact) mass is 580 g/mol. The fourth-order valence-electron chi connectivity index (χ4n) is 2.60. The molecule has 1 fully saturated rings. The highest BCUT2D eigenvalue weighted by Crippen LogP contribution is 2.25. The number of sulfonamides is 1. The highest BCUT2D eigenvalue weighted by Gasteiger charge is 2.28. The first-order chi connectivity index (χ1) is 17.8. The van der Waals surface area contributed by atoms with E-state index in [0.29, 0.717) is 31.0 Å². The first kappa shape index (κ1) is 39.7. The van der Waals surface area contributed by atoms with Gasteiger partial charge in [0.15, 0.2) is 0 Å². The van der Waals surface area contributed by atoms with Crippen molar-refractivity contribution in [1.29, 1.82) is 5.41 Å². The molecule has 0 aromatic heterocycles. The summed E-state index contributed by atoms with van der Waals surface area (Å²) in [5.74, 6) is -3.11. The standard InChI is InChI=1S/C15H24N4O3S.4C2H4O2/c1-3-18-7-9-19(10-8-18)23(20,21)12-5-6-14(22-4-2)13(11-12)15(16)17;4*1-2(3)4/h5-6,11H,3-4,7-10H2,1-2H3,(H3,16,17);4*1H3,(H,3,4). The van der Waals surface area contributed by atoms with E-state index >= 15 is 0 Å². The van der Waals surface area contributed by atoms with Crippen molar-refractivity contribution in [2.45, 2.75) is 46.4 Å². The summed E-state index contributed by atoms with van der Waals surface area (Å²) in [7, 11) is -3.58. The second-order valence-corrected chi connectivity index (χ2v) is 9.36. The Kier molecular flexibility index (Phi) is 21.6. The molecule has 1 aromatic carbocycles. The molecule has 1 saturated heterocycles. The molecule has 0 amide bonds. The lowest BCUT2D eigenvalue weighted by Crippen LogP contribution is -2.48. The molecule has 0 saturated carbocycles. The number of carbonyl (C=O) groups is 4. The van der Waals surface area contributed by atoms with Crippen LogP contribution in [0.1, 0.15) is 47.1 Å². The van der Waals surface area contributed by atoms with Crippen LogP contribution >= 0.6 is 0 Å². The fourth-order valence-corrected chi connectivity index (χ4v) is 4.05. The van der Waals surface area contributed by atoms with Crippen LogP contribution in [0.3, 0.4) is 0 Å². The van der Waals surface area contributed by atoms with E-state index in [2.05, 4.69) is 11.8 Å². The van der Waals surface area contributed by atoms with E-state index in [1.165, 1.54) is 16.4 Å². The van der Waals surface area contributed by atoms with Crippen LogP contribution in [-0.2, 0) is 29.2 Å². The predicted molar refractivity (Wildman–Crippen MR) is 143 cm³/mol. The molecular weight excluding hydrogens is 540 g/mol. The lowest BCUT2D eigenvalue weighted by Gasteiger charge is -2.33. The first-order valence-corrected chi connectivity index (χ1v) is 12.9. The summed E-state index contributed by atoms with van der Waals surface area (Å²) >= 11 is 0. The Bertz CT molecular complexity index is 975. The normalized spacial score (nSPS) is 12.7. The van der Waals surface area contributed by atoms with Crippen LogP contribution in [0, 0.1) is 5.41 Å². The minimum atomic E-state index is -3.58. The van der Waals surface area contributed by atoms with Crippen LogP contribution in [-0.4, -0.2) is 107 Å². The van der Waals surface area contributed by atoms with Crippen LogP contribution in [0.15, 0.2) is 23.1 Å². The van der Waals surface area contributed by atoms with Crippen LogP contribution in [0.4, 0.5) is 0 Å². The topological polar surface area (TPSA) is 249 Å². The zero-order chi connectivity index (χ0) is 31.3. The van der Waals surface area contributed by atoms with Crippen molar-refractivity contribution in [2.75, 3.05) is 39.3 Å². The molecule has 7 N–H and O–H groups in total. The summed E-state index contributed by atoms with van der Waals surface area (Å²) in [5, 5.41) is 37.3. The molecule has 39 heavy (non-hydrogen) atoms. The number of amidine groups is 1. The summed E-state index contributed by atoms with van der Waals surface area (Å²) in [6.45, 7) is 12.0. The fraction of sp³-hybridized carbons (Fsp3) is 0.522. The maximum atomic E-state index is 12.8. The molecule has 1 aromatic rings. The van der Waals surface area contributed by atoms with E-state index in [1.807, 2.05) is 6.92 Å². The number of nitrogens with zero attached hydrogens (tertiary/aromatic N) is 2. The van der Waals surface area contributed by atoms with E-state index < -0.39 is 33.9 Å². The maximum Gasteiger partial charge on any atom is 0.300 e. The van der Waals surface area contributed by atoms with Crippen molar-refractivity contribution < 1.29 is 52.8 Å². The number of nitrogens with one attached hydrogen (secondary N) is 1. The molecule has 1 aliphatic rings. The number of carboxylic acid groups (broad SMARTS) is 4. The second kappa shape index (κ2) is 21.2. The van der Waals surface area contributed by atoms with Gasteiger partial charge in [-0.25, -0.2) is 8.42 Å². The molecule has 0 aliphatic carbocycles. The molecule has 2 rings (SSSR count). The maximum absolute atomic E-state index is 12.8. The number of piperazine rings is 1. The minimum Gasteiger partial charge on any atom is -0.493 e. The SMILES string of the molecule is CC(=O)O.CC(=O)O.CC(=O)O.CC(=O)O.CCOc1ccc(S(=O)(=O)N2CCN(CC)CC2)cc1C(=N)N. The number of aliphatic carboxylic acids is 4. The van der Waals surface area contributed by atoms with Crippen molar-refractivity contribution >= 4 is 39.7 Å². The van der Waals surface area contributed by atoms with E-state index in [0.717, 1.165) is 47.3 Å². The average Bonchev–Trinajstić information content (AvgIpc) is 2.78. The number of ether oxygens (including phenoxy) is 1. The number of benzene rings is 1. The largest absolute Gasteiger partial charge is 0.493 e. The first-order valence-electron chi connectivity index (χ1n) is 11.4. The Hall–Kier alpha value is -3.76. The van der Waals surface area contributed by atoms with E-state index in [-0.39, 0.29) is 10.7 Å². The molecule has 0 unspecified atom stereocenters. The average molecular weight is 581 g/mol. The summed E-state index contributed by atoms with van der Waals surface area (Å²) < 4.78 is 32.5. The quantitative estimate of drug-likeness (QED) is 0.204. The van der Waals surface area contributed by atoms with Gasteiger partial charge in [0.05, 0.1) is 17.1 Å². The molecular formula is C23H40N4O11S. The summed E-state index contributed by atoms with van der Waals surface area (Å²) in [6, 6.07) is 4.50. The Morgan fingerprint density at radius 2 is 1.26 bits per heavy atom. The van der Waals surface area contributed by atoms with Gasteiger partial charge in [0.25, 0.3) is 23.9 Å². The molecule has 0 bridgehead atoms. The lowest BCUT2D eigenvalue weighted by atomic mass is 10.2. The number of carboxylic acids is 4. The number of hydrogen-bond donors (Lipinski definition) is 6. The zero-order valence-electron chi connectivity index (χ0n) is 23.0. The third-order valence-electron chi connectivity index (χ3n) is 3.96. The van der Waals surface area contributed by atoms with E-state index in [1.54, 1.807) is 6.07 Å². The molecule has 0 spiro atoms. The van der Waals surface area contributed by atoms with Crippen LogP contribution in [0.25, 0.3) is 0 Å². The lowest BCUT2D eigenvalue weighted by molar-refractivity contribution is -0.135. The summed E-state index contributed by atoms with van der Waals surface area (Å²) in [5.41, 5.74) is 5.87. The predicted octanol–water partition coefficient (Wildman–Crippen LogP) is 1.06. The van der Waals surface area contributed by atoms with Gasteiger partial charge in [-0.3, -0.25) is 24.6 Å². The van der Waals surface area contributed by atoms with Gasteiger partial charge >= 0.3 is 0 Å². The van der Waals surface area contributed by atoms with Crippen molar-refractivity contribution in [3.63, 3.8) is 0 Å².